The van der Waals surface area contributed by atoms with Crippen LogP contribution in [-0.2, 0) is 0 Å². The van der Waals surface area contributed by atoms with Gasteiger partial charge in [-0.1, -0.05) is 17.7 Å². The molecule has 3 N–H and O–H groups in total. The SMILES string of the molecule is Nc1ccc2cc(Cl)[nH]c(=O)c2c1. The molecule has 0 bridgehead atoms. The molecule has 0 radical (unpaired) electrons. The summed E-state index contributed by atoms with van der Waals surface area (Å²) < 4.78 is 0. The molecule has 1 aromatic carbocycles. The zero-order valence-electron chi connectivity index (χ0n) is 6.67. The zero-order valence-corrected chi connectivity index (χ0v) is 7.43. The third kappa shape index (κ3) is 1.38. The lowest BCUT2D eigenvalue weighted by atomic mass is 10.1. The molecule has 0 aliphatic carbocycles. The number of halogens is 1. The highest BCUT2D eigenvalue weighted by Gasteiger charge is 2.00. The number of pyridine rings is 1. The van der Waals surface area contributed by atoms with Gasteiger partial charge in [0.1, 0.15) is 5.15 Å². The maximum absolute atomic E-state index is 11.4. The maximum Gasteiger partial charge on any atom is 0.257 e. The molecule has 4 heteroatoms. The van der Waals surface area contributed by atoms with Gasteiger partial charge in [0.15, 0.2) is 0 Å². The number of benzene rings is 1. The molecule has 0 fully saturated rings. The lowest BCUT2D eigenvalue weighted by molar-refractivity contribution is 1.28. The van der Waals surface area contributed by atoms with E-state index in [0.29, 0.717) is 16.2 Å². The van der Waals surface area contributed by atoms with Gasteiger partial charge in [-0.05, 0) is 23.6 Å². The van der Waals surface area contributed by atoms with Crippen LogP contribution in [0, 0.1) is 0 Å². The van der Waals surface area contributed by atoms with E-state index < -0.39 is 0 Å². The first-order chi connectivity index (χ1) is 6.16. The van der Waals surface area contributed by atoms with Gasteiger partial charge in [-0.15, -0.1) is 0 Å². The molecule has 1 heterocycles. The number of H-pyrrole nitrogens is 1. The van der Waals surface area contributed by atoms with Gasteiger partial charge in [-0.2, -0.15) is 0 Å². The van der Waals surface area contributed by atoms with Crippen LogP contribution >= 0.6 is 11.6 Å². The van der Waals surface area contributed by atoms with Crippen molar-refractivity contribution in [2.24, 2.45) is 0 Å². The largest absolute Gasteiger partial charge is 0.399 e. The molecule has 0 saturated heterocycles. The van der Waals surface area contributed by atoms with Gasteiger partial charge >= 0.3 is 0 Å². The fourth-order valence-electron chi connectivity index (χ4n) is 1.24. The average Bonchev–Trinajstić information content (AvgIpc) is 2.06. The minimum atomic E-state index is -0.213. The van der Waals surface area contributed by atoms with Crippen LogP contribution in [-0.4, -0.2) is 4.98 Å². The summed E-state index contributed by atoms with van der Waals surface area (Å²) in [6.45, 7) is 0. The predicted molar refractivity (Wildman–Crippen MR) is 54.0 cm³/mol. The molecule has 0 amide bonds. The molecule has 0 aliphatic rings. The number of hydrogen-bond acceptors (Lipinski definition) is 2. The van der Waals surface area contributed by atoms with Crippen LogP contribution in [0.25, 0.3) is 10.8 Å². The zero-order chi connectivity index (χ0) is 9.42. The fraction of sp³-hybridized carbons (Fsp3) is 0. The molecular weight excluding hydrogens is 188 g/mol. The van der Waals surface area contributed by atoms with Crippen molar-refractivity contribution in [1.82, 2.24) is 4.98 Å². The molecule has 0 unspecified atom stereocenters. The first-order valence-corrected chi connectivity index (χ1v) is 4.13. The third-order valence-electron chi connectivity index (χ3n) is 1.84. The molecule has 0 saturated carbocycles. The number of aromatic amines is 1. The Kier molecular flexibility index (Phi) is 1.74. The Balaban J connectivity index is 2.95. The Bertz CT molecular complexity index is 518. The quantitative estimate of drug-likeness (QED) is 0.496. The van der Waals surface area contributed by atoms with Crippen LogP contribution in [0.15, 0.2) is 29.1 Å². The molecule has 0 spiro atoms. The highest BCUT2D eigenvalue weighted by Crippen LogP contribution is 2.15. The van der Waals surface area contributed by atoms with Gasteiger partial charge in [0.25, 0.3) is 5.56 Å². The Morgan fingerprint density at radius 1 is 1.31 bits per heavy atom. The third-order valence-corrected chi connectivity index (χ3v) is 2.04. The number of nitrogens with two attached hydrogens (primary N) is 1. The van der Waals surface area contributed by atoms with Gasteiger partial charge in [0.05, 0.1) is 0 Å². The van der Waals surface area contributed by atoms with Crippen molar-refractivity contribution in [3.05, 3.63) is 39.8 Å². The van der Waals surface area contributed by atoms with Crippen molar-refractivity contribution in [3.8, 4) is 0 Å². The average molecular weight is 195 g/mol. The van der Waals surface area contributed by atoms with E-state index in [9.17, 15) is 4.79 Å². The number of nitrogen functional groups attached to an aromatic ring is 1. The summed E-state index contributed by atoms with van der Waals surface area (Å²) in [5.74, 6) is 0. The van der Waals surface area contributed by atoms with Crippen molar-refractivity contribution in [3.63, 3.8) is 0 Å². The number of aromatic nitrogens is 1. The molecule has 2 aromatic rings. The van der Waals surface area contributed by atoms with Gasteiger partial charge in [0, 0.05) is 11.1 Å². The Morgan fingerprint density at radius 3 is 2.85 bits per heavy atom. The molecule has 66 valence electrons. The van der Waals surface area contributed by atoms with Crippen molar-refractivity contribution in [2.45, 2.75) is 0 Å². The van der Waals surface area contributed by atoms with E-state index in [4.69, 9.17) is 17.3 Å². The summed E-state index contributed by atoms with van der Waals surface area (Å²) in [7, 11) is 0. The molecule has 0 aliphatic heterocycles. The maximum atomic E-state index is 11.4. The number of fused-ring (bicyclic) bond motifs is 1. The van der Waals surface area contributed by atoms with Crippen molar-refractivity contribution < 1.29 is 0 Å². The monoisotopic (exact) mass is 194 g/mol. The van der Waals surface area contributed by atoms with Crippen molar-refractivity contribution >= 4 is 28.1 Å². The summed E-state index contributed by atoms with van der Waals surface area (Å²) in [5.41, 5.74) is 5.90. The minimum Gasteiger partial charge on any atom is -0.399 e. The van der Waals surface area contributed by atoms with Gasteiger partial charge in [0.2, 0.25) is 0 Å². The molecule has 0 atom stereocenters. The minimum absolute atomic E-state index is 0.213. The number of nitrogens with one attached hydrogen (secondary N) is 1. The molecule has 1 aromatic heterocycles. The van der Waals surface area contributed by atoms with Crippen molar-refractivity contribution in [1.29, 1.82) is 0 Å². The highest BCUT2D eigenvalue weighted by molar-refractivity contribution is 6.30. The van der Waals surface area contributed by atoms with E-state index in [-0.39, 0.29) is 5.56 Å². The Hall–Kier alpha value is -1.48. The van der Waals surface area contributed by atoms with E-state index in [2.05, 4.69) is 4.98 Å². The highest BCUT2D eigenvalue weighted by atomic mass is 35.5. The Labute approximate surface area is 79.1 Å². The summed E-state index contributed by atoms with van der Waals surface area (Å²) in [6, 6.07) is 6.83. The van der Waals surface area contributed by atoms with Crippen LogP contribution in [0.1, 0.15) is 0 Å². The van der Waals surface area contributed by atoms with E-state index in [1.165, 1.54) is 0 Å². The van der Waals surface area contributed by atoms with Crippen LogP contribution in [0.3, 0.4) is 0 Å². The van der Waals surface area contributed by atoms with E-state index in [0.717, 1.165) is 5.39 Å². The first-order valence-electron chi connectivity index (χ1n) is 3.75. The van der Waals surface area contributed by atoms with Crippen LogP contribution in [0.4, 0.5) is 5.69 Å². The van der Waals surface area contributed by atoms with Gasteiger partial charge in [-0.25, -0.2) is 0 Å². The van der Waals surface area contributed by atoms with Crippen LogP contribution in [0.2, 0.25) is 5.15 Å². The van der Waals surface area contributed by atoms with Gasteiger partial charge in [-0.3, -0.25) is 4.79 Å². The number of rotatable bonds is 0. The van der Waals surface area contributed by atoms with Crippen molar-refractivity contribution in [2.75, 3.05) is 5.73 Å². The Morgan fingerprint density at radius 2 is 2.08 bits per heavy atom. The number of anilines is 1. The van der Waals surface area contributed by atoms with E-state index in [1.807, 2.05) is 0 Å². The van der Waals surface area contributed by atoms with E-state index in [1.54, 1.807) is 24.3 Å². The van der Waals surface area contributed by atoms with Crippen LogP contribution in [0.5, 0.6) is 0 Å². The summed E-state index contributed by atoms with van der Waals surface area (Å²) in [6.07, 6.45) is 0. The standard InChI is InChI=1S/C9H7ClN2O/c10-8-3-5-1-2-6(11)4-7(5)9(13)12-8/h1-4H,11H2,(H,12,13). The van der Waals surface area contributed by atoms with Gasteiger partial charge < -0.3 is 10.7 Å². The second-order valence-corrected chi connectivity index (χ2v) is 3.20. The summed E-state index contributed by atoms with van der Waals surface area (Å²) >= 11 is 5.68. The first kappa shape index (κ1) is 8.13. The molecule has 13 heavy (non-hydrogen) atoms. The normalized spacial score (nSPS) is 10.5. The fourth-order valence-corrected chi connectivity index (χ4v) is 1.45. The van der Waals surface area contributed by atoms with E-state index >= 15 is 0 Å². The predicted octanol–water partition coefficient (Wildman–Crippen LogP) is 1.76. The summed E-state index contributed by atoms with van der Waals surface area (Å²) in [5, 5.41) is 1.69. The topological polar surface area (TPSA) is 58.9 Å². The lowest BCUT2D eigenvalue weighted by Gasteiger charge is -1.98. The second kappa shape index (κ2) is 2.78. The van der Waals surface area contributed by atoms with Crippen LogP contribution < -0.4 is 11.3 Å². The molecule has 3 nitrogen and oxygen atoms in total. The molecule has 2 rings (SSSR count). The second-order valence-electron chi connectivity index (χ2n) is 2.79. The smallest absolute Gasteiger partial charge is 0.257 e. The number of hydrogen-bond donors (Lipinski definition) is 2. The lowest BCUT2D eigenvalue weighted by Crippen LogP contribution is -2.05. The molecular formula is C9H7ClN2O. The summed E-state index contributed by atoms with van der Waals surface area (Å²) in [4.78, 5) is 13.9.